The van der Waals surface area contributed by atoms with Gasteiger partial charge >= 0.3 is 5.97 Å². The monoisotopic (exact) mass is 281 g/mol. The van der Waals surface area contributed by atoms with Crippen molar-refractivity contribution in [1.29, 1.82) is 0 Å². The maximum atomic E-state index is 12.9. The molecule has 0 bridgehead atoms. The predicted octanol–water partition coefficient (Wildman–Crippen LogP) is 2.19. The van der Waals surface area contributed by atoms with Crippen molar-refractivity contribution >= 4 is 11.8 Å². The zero-order chi connectivity index (χ0) is 15.2. The van der Waals surface area contributed by atoms with Crippen LogP contribution in [0.4, 0.5) is 4.39 Å². The number of Topliss-reactive ketones (excluding diaryl/α,β-unsaturated/α-hetero) is 1. The van der Waals surface area contributed by atoms with E-state index in [1.165, 1.54) is 6.92 Å². The van der Waals surface area contributed by atoms with Crippen molar-refractivity contribution < 1.29 is 18.7 Å². The number of hydrogen-bond acceptors (Lipinski definition) is 4. The number of esters is 1. The van der Waals surface area contributed by atoms with Crippen molar-refractivity contribution in [3.63, 3.8) is 0 Å². The van der Waals surface area contributed by atoms with Crippen LogP contribution in [-0.2, 0) is 16.0 Å². The van der Waals surface area contributed by atoms with Crippen molar-refractivity contribution in [2.75, 3.05) is 6.67 Å². The van der Waals surface area contributed by atoms with Gasteiger partial charge in [0, 0.05) is 12.8 Å². The van der Waals surface area contributed by atoms with Crippen LogP contribution in [0.15, 0.2) is 24.3 Å². The third kappa shape index (κ3) is 4.42. The molecule has 1 aromatic carbocycles. The molecule has 0 aliphatic rings. The Balaban J connectivity index is 2.72. The number of alkyl halides is 1. The molecule has 0 fully saturated rings. The van der Waals surface area contributed by atoms with E-state index in [9.17, 15) is 14.0 Å². The zero-order valence-corrected chi connectivity index (χ0v) is 11.8. The number of rotatable bonds is 7. The summed E-state index contributed by atoms with van der Waals surface area (Å²) in [4.78, 5) is 22.7. The van der Waals surface area contributed by atoms with E-state index in [0.717, 1.165) is 12.0 Å². The highest BCUT2D eigenvalue weighted by Crippen LogP contribution is 2.18. The number of nitrogens with two attached hydrogens (primary N) is 1. The van der Waals surface area contributed by atoms with E-state index in [-0.39, 0.29) is 12.4 Å². The van der Waals surface area contributed by atoms with Crippen LogP contribution < -0.4 is 10.5 Å². The number of carbonyl (C=O) groups is 2. The van der Waals surface area contributed by atoms with E-state index < -0.39 is 18.0 Å². The van der Waals surface area contributed by atoms with Gasteiger partial charge in [-0.3, -0.25) is 9.59 Å². The summed E-state index contributed by atoms with van der Waals surface area (Å²) >= 11 is 0. The molecule has 0 aliphatic carbocycles. The summed E-state index contributed by atoms with van der Waals surface area (Å²) in [6, 6.07) is 6.58. The largest absolute Gasteiger partial charge is 0.427 e. The van der Waals surface area contributed by atoms with Gasteiger partial charge in [0.25, 0.3) is 0 Å². The standard InChI is InChI=1S/C15H20FNO3/c1-3-4-14(19)20-13-7-5-12(6-8-13)9-15(17,10-16)11(2)18/h5-8H,3-4,9-10,17H2,1-2H3/t15-/m1/s1. The van der Waals surface area contributed by atoms with Crippen molar-refractivity contribution in [3.05, 3.63) is 29.8 Å². The van der Waals surface area contributed by atoms with Crippen LogP contribution >= 0.6 is 0 Å². The lowest BCUT2D eigenvalue weighted by Gasteiger charge is -2.22. The molecule has 4 nitrogen and oxygen atoms in total. The number of ketones is 1. The molecule has 5 heteroatoms. The summed E-state index contributed by atoms with van der Waals surface area (Å²) in [6.45, 7) is 2.26. The summed E-state index contributed by atoms with van der Waals surface area (Å²) in [7, 11) is 0. The number of carbonyl (C=O) groups excluding carboxylic acids is 2. The van der Waals surface area contributed by atoms with E-state index in [1.54, 1.807) is 24.3 Å². The molecule has 0 unspecified atom stereocenters. The smallest absolute Gasteiger partial charge is 0.311 e. The van der Waals surface area contributed by atoms with Gasteiger partial charge in [-0.25, -0.2) is 4.39 Å². The molecule has 0 aliphatic heterocycles. The van der Waals surface area contributed by atoms with Crippen LogP contribution in [-0.4, -0.2) is 24.0 Å². The Morgan fingerprint density at radius 1 is 1.30 bits per heavy atom. The number of benzene rings is 1. The highest BCUT2D eigenvalue weighted by molar-refractivity contribution is 5.86. The van der Waals surface area contributed by atoms with E-state index in [0.29, 0.717) is 12.2 Å². The molecule has 2 N–H and O–H groups in total. The van der Waals surface area contributed by atoms with Gasteiger partial charge in [0.15, 0.2) is 5.78 Å². The summed E-state index contributed by atoms with van der Waals surface area (Å²) in [5, 5.41) is 0. The minimum absolute atomic E-state index is 0.113. The topological polar surface area (TPSA) is 69.4 Å². The Kier molecular flexibility index (Phi) is 5.82. The number of halogens is 1. The van der Waals surface area contributed by atoms with Crippen LogP contribution in [0.5, 0.6) is 5.75 Å². The highest BCUT2D eigenvalue weighted by atomic mass is 19.1. The first-order valence-electron chi connectivity index (χ1n) is 6.57. The molecule has 20 heavy (non-hydrogen) atoms. The zero-order valence-electron chi connectivity index (χ0n) is 11.8. The maximum absolute atomic E-state index is 12.9. The second kappa shape index (κ2) is 7.14. The third-order valence-corrected chi connectivity index (χ3v) is 3.07. The molecule has 0 spiro atoms. The predicted molar refractivity (Wildman–Crippen MR) is 74.3 cm³/mol. The van der Waals surface area contributed by atoms with Gasteiger partial charge in [-0.15, -0.1) is 0 Å². The number of hydrogen-bond donors (Lipinski definition) is 1. The van der Waals surface area contributed by atoms with E-state index >= 15 is 0 Å². The molecule has 1 atom stereocenters. The Morgan fingerprint density at radius 2 is 1.90 bits per heavy atom. The van der Waals surface area contributed by atoms with Crippen LogP contribution in [0, 0.1) is 0 Å². The average Bonchev–Trinajstić information content (AvgIpc) is 2.41. The van der Waals surface area contributed by atoms with Crippen LogP contribution in [0.1, 0.15) is 32.3 Å². The molecular formula is C15H20FNO3. The lowest BCUT2D eigenvalue weighted by atomic mass is 9.89. The highest BCUT2D eigenvalue weighted by Gasteiger charge is 2.30. The normalized spacial score (nSPS) is 13.6. The Morgan fingerprint density at radius 3 is 2.35 bits per heavy atom. The second-order valence-corrected chi connectivity index (χ2v) is 4.89. The molecule has 0 saturated carbocycles. The van der Waals surface area contributed by atoms with Crippen LogP contribution in [0.2, 0.25) is 0 Å². The molecule has 1 aromatic rings. The van der Waals surface area contributed by atoms with Crippen molar-refractivity contribution in [1.82, 2.24) is 0 Å². The van der Waals surface area contributed by atoms with Gasteiger partial charge in [0.2, 0.25) is 0 Å². The summed E-state index contributed by atoms with van der Waals surface area (Å²) in [5.74, 6) is -0.253. The Hall–Kier alpha value is -1.75. The molecule has 0 saturated heterocycles. The van der Waals surface area contributed by atoms with Gasteiger partial charge in [-0.1, -0.05) is 19.1 Å². The fourth-order valence-electron chi connectivity index (χ4n) is 1.69. The van der Waals surface area contributed by atoms with E-state index in [2.05, 4.69) is 0 Å². The lowest BCUT2D eigenvalue weighted by molar-refractivity contribution is -0.134. The van der Waals surface area contributed by atoms with Crippen LogP contribution in [0.3, 0.4) is 0 Å². The first-order valence-corrected chi connectivity index (χ1v) is 6.57. The van der Waals surface area contributed by atoms with Crippen molar-refractivity contribution in [2.45, 2.75) is 38.6 Å². The van der Waals surface area contributed by atoms with Gasteiger partial charge in [0.1, 0.15) is 18.0 Å². The first kappa shape index (κ1) is 16.3. The SMILES string of the molecule is CCCC(=O)Oc1ccc(C[C@@](N)(CF)C(C)=O)cc1. The van der Waals surface area contributed by atoms with Gasteiger partial charge in [0.05, 0.1) is 0 Å². The quantitative estimate of drug-likeness (QED) is 0.614. The number of ether oxygens (including phenoxy) is 1. The summed E-state index contributed by atoms with van der Waals surface area (Å²) in [6.07, 6.45) is 1.20. The molecule has 0 amide bonds. The van der Waals surface area contributed by atoms with Crippen molar-refractivity contribution in [3.8, 4) is 5.75 Å². The van der Waals surface area contributed by atoms with Gasteiger partial charge in [-0.05, 0) is 31.0 Å². The second-order valence-electron chi connectivity index (χ2n) is 4.89. The van der Waals surface area contributed by atoms with Gasteiger partial charge in [-0.2, -0.15) is 0 Å². The molecule has 0 aromatic heterocycles. The summed E-state index contributed by atoms with van der Waals surface area (Å²) < 4.78 is 18.0. The van der Waals surface area contributed by atoms with E-state index in [4.69, 9.17) is 10.5 Å². The lowest BCUT2D eigenvalue weighted by Crippen LogP contribution is -2.50. The average molecular weight is 281 g/mol. The third-order valence-electron chi connectivity index (χ3n) is 3.07. The Bertz CT molecular complexity index is 473. The molecule has 110 valence electrons. The van der Waals surface area contributed by atoms with Crippen LogP contribution in [0.25, 0.3) is 0 Å². The maximum Gasteiger partial charge on any atom is 0.311 e. The molecule has 0 radical (unpaired) electrons. The Labute approximate surface area is 118 Å². The fraction of sp³-hybridized carbons (Fsp3) is 0.467. The van der Waals surface area contributed by atoms with Crippen molar-refractivity contribution in [2.24, 2.45) is 5.73 Å². The molecule has 0 heterocycles. The fourth-order valence-corrected chi connectivity index (χ4v) is 1.69. The van der Waals surface area contributed by atoms with E-state index in [1.807, 2.05) is 6.92 Å². The minimum Gasteiger partial charge on any atom is -0.427 e. The van der Waals surface area contributed by atoms with Gasteiger partial charge < -0.3 is 10.5 Å². The summed E-state index contributed by atoms with van der Waals surface area (Å²) in [5.41, 5.74) is 4.95. The molecular weight excluding hydrogens is 261 g/mol. The first-order chi connectivity index (χ1) is 9.41. The molecule has 1 rings (SSSR count). The minimum atomic E-state index is -1.49.